The predicted octanol–water partition coefficient (Wildman–Crippen LogP) is 3.51. The van der Waals surface area contributed by atoms with Crippen LogP contribution in [0, 0.1) is 20.8 Å². The van der Waals surface area contributed by atoms with E-state index >= 15 is 0 Å². The summed E-state index contributed by atoms with van der Waals surface area (Å²) in [5.41, 5.74) is 3.11. The normalized spacial score (nSPS) is 11.1. The van der Waals surface area contributed by atoms with Crippen LogP contribution in [0.4, 0.5) is 14.5 Å². The summed E-state index contributed by atoms with van der Waals surface area (Å²) in [7, 11) is 0. The lowest BCUT2D eigenvalue weighted by atomic mass is 10.2. The van der Waals surface area contributed by atoms with Gasteiger partial charge in [-0.25, -0.2) is 9.50 Å². The maximum absolute atomic E-state index is 12.6. The van der Waals surface area contributed by atoms with Gasteiger partial charge in [-0.2, -0.15) is 13.9 Å². The smallest absolute Gasteiger partial charge is 0.387 e. The molecular weight excluding hydrogens is 330 g/mol. The minimum atomic E-state index is -2.98. The second-order valence-corrected chi connectivity index (χ2v) is 5.66. The Morgan fingerprint density at radius 3 is 2.72 bits per heavy atom. The van der Waals surface area contributed by atoms with Gasteiger partial charge in [0, 0.05) is 11.4 Å². The van der Waals surface area contributed by atoms with Gasteiger partial charge < -0.3 is 10.1 Å². The van der Waals surface area contributed by atoms with Crippen LogP contribution in [-0.2, 0) is 0 Å². The number of halogens is 2. The van der Waals surface area contributed by atoms with Crippen molar-refractivity contribution in [2.75, 3.05) is 5.32 Å². The van der Waals surface area contributed by atoms with Crippen LogP contribution >= 0.6 is 0 Å². The van der Waals surface area contributed by atoms with Crippen molar-refractivity contribution in [3.8, 4) is 5.75 Å². The van der Waals surface area contributed by atoms with Gasteiger partial charge in [-0.3, -0.25) is 4.79 Å². The quantitative estimate of drug-likeness (QED) is 0.785. The number of alkyl halides is 2. The number of hydrogen-bond acceptors (Lipinski definition) is 4. The van der Waals surface area contributed by atoms with Crippen molar-refractivity contribution in [1.29, 1.82) is 0 Å². The molecule has 0 saturated carbocycles. The molecule has 0 saturated heterocycles. The molecule has 25 heavy (non-hydrogen) atoms. The molecule has 0 bridgehead atoms. The molecule has 0 aliphatic rings. The van der Waals surface area contributed by atoms with E-state index in [0.29, 0.717) is 5.65 Å². The summed E-state index contributed by atoms with van der Waals surface area (Å²) in [5, 5.41) is 6.74. The van der Waals surface area contributed by atoms with E-state index in [2.05, 4.69) is 20.1 Å². The molecule has 1 aromatic carbocycles. The minimum Gasteiger partial charge on any atom is -0.433 e. The number of anilines is 1. The maximum atomic E-state index is 12.6. The van der Waals surface area contributed by atoms with Gasteiger partial charge in [0.1, 0.15) is 11.3 Å². The number of aryl methyl sites for hydroxylation is 3. The fraction of sp³-hybridized carbons (Fsp3) is 0.235. The number of benzene rings is 1. The molecule has 0 aliphatic heterocycles. The van der Waals surface area contributed by atoms with Gasteiger partial charge in [-0.1, -0.05) is 6.07 Å². The highest BCUT2D eigenvalue weighted by Gasteiger charge is 2.18. The minimum absolute atomic E-state index is 0.0971. The van der Waals surface area contributed by atoms with Gasteiger partial charge in [0.15, 0.2) is 5.65 Å². The number of aromatic nitrogens is 3. The van der Waals surface area contributed by atoms with Gasteiger partial charge >= 0.3 is 6.61 Å². The number of hydrogen-bond donors (Lipinski definition) is 1. The number of fused-ring (bicyclic) bond motifs is 1. The highest BCUT2D eigenvalue weighted by Crippen LogP contribution is 2.28. The molecule has 1 N–H and O–H groups in total. The number of amides is 1. The topological polar surface area (TPSA) is 68.5 Å². The van der Waals surface area contributed by atoms with E-state index in [0.717, 1.165) is 17.0 Å². The van der Waals surface area contributed by atoms with E-state index in [4.69, 9.17) is 0 Å². The lowest BCUT2D eigenvalue weighted by Crippen LogP contribution is -2.14. The molecule has 0 spiro atoms. The summed E-state index contributed by atoms with van der Waals surface area (Å²) < 4.78 is 31.2. The van der Waals surface area contributed by atoms with E-state index in [9.17, 15) is 13.6 Å². The van der Waals surface area contributed by atoms with Crippen LogP contribution in [0.2, 0.25) is 0 Å². The van der Waals surface area contributed by atoms with E-state index in [-0.39, 0.29) is 17.0 Å². The van der Waals surface area contributed by atoms with Crippen LogP contribution in [0.3, 0.4) is 0 Å². The monoisotopic (exact) mass is 346 g/mol. The van der Waals surface area contributed by atoms with Crippen LogP contribution < -0.4 is 10.1 Å². The number of nitrogens with one attached hydrogen (secondary N) is 1. The first-order valence-corrected chi connectivity index (χ1v) is 7.54. The molecular formula is C17H16F2N4O2. The van der Waals surface area contributed by atoms with E-state index < -0.39 is 12.5 Å². The number of carbonyl (C=O) groups is 1. The zero-order valence-electron chi connectivity index (χ0n) is 13.9. The van der Waals surface area contributed by atoms with Crippen molar-refractivity contribution >= 4 is 17.2 Å². The largest absolute Gasteiger partial charge is 0.433 e. The SMILES string of the molecule is Cc1ccc(NC(=O)c2cnn3c(C)cc(C)nc23)c(OC(F)F)c1. The van der Waals surface area contributed by atoms with Crippen molar-refractivity contribution in [2.24, 2.45) is 0 Å². The van der Waals surface area contributed by atoms with Crippen LogP contribution in [0.15, 0.2) is 30.5 Å². The average Bonchev–Trinajstić information content (AvgIpc) is 2.93. The van der Waals surface area contributed by atoms with E-state index in [1.54, 1.807) is 17.5 Å². The van der Waals surface area contributed by atoms with Crippen LogP contribution in [-0.4, -0.2) is 27.1 Å². The maximum Gasteiger partial charge on any atom is 0.387 e. The summed E-state index contributed by atoms with van der Waals surface area (Å²) in [6, 6.07) is 6.48. The standard InChI is InChI=1S/C17H16F2N4O2/c1-9-4-5-13(14(6-9)25-17(18)19)22-16(24)12-8-20-23-11(3)7-10(2)21-15(12)23/h4-8,17H,1-3H3,(H,22,24). The van der Waals surface area contributed by atoms with Gasteiger partial charge in [0.25, 0.3) is 5.91 Å². The van der Waals surface area contributed by atoms with Crippen LogP contribution in [0.1, 0.15) is 27.3 Å². The molecule has 3 aromatic rings. The Hall–Kier alpha value is -3.03. The van der Waals surface area contributed by atoms with Gasteiger partial charge in [-0.15, -0.1) is 0 Å². The van der Waals surface area contributed by atoms with Gasteiger partial charge in [0.2, 0.25) is 0 Å². The molecule has 2 heterocycles. The van der Waals surface area contributed by atoms with Gasteiger partial charge in [-0.05, 0) is 44.5 Å². The molecule has 2 aromatic heterocycles. The summed E-state index contributed by atoms with van der Waals surface area (Å²) in [6.45, 7) is 2.42. The fourth-order valence-corrected chi connectivity index (χ4v) is 2.55. The Kier molecular flexibility index (Phi) is 4.35. The Morgan fingerprint density at radius 2 is 2.00 bits per heavy atom. The number of carbonyl (C=O) groups excluding carboxylic acids is 1. The lowest BCUT2D eigenvalue weighted by Gasteiger charge is -2.12. The molecule has 1 amide bonds. The first-order valence-electron chi connectivity index (χ1n) is 7.54. The van der Waals surface area contributed by atoms with Crippen molar-refractivity contribution in [2.45, 2.75) is 27.4 Å². The lowest BCUT2D eigenvalue weighted by molar-refractivity contribution is -0.0494. The highest BCUT2D eigenvalue weighted by atomic mass is 19.3. The fourth-order valence-electron chi connectivity index (χ4n) is 2.55. The molecule has 8 heteroatoms. The molecule has 0 unspecified atom stereocenters. The number of rotatable bonds is 4. The second-order valence-electron chi connectivity index (χ2n) is 5.66. The van der Waals surface area contributed by atoms with Crippen molar-refractivity contribution in [3.63, 3.8) is 0 Å². The number of ether oxygens (including phenoxy) is 1. The first kappa shape index (κ1) is 16.8. The molecule has 130 valence electrons. The molecule has 0 radical (unpaired) electrons. The molecule has 3 rings (SSSR count). The van der Waals surface area contributed by atoms with E-state index in [1.165, 1.54) is 18.3 Å². The van der Waals surface area contributed by atoms with Crippen molar-refractivity contribution in [3.05, 3.63) is 53.0 Å². The Bertz CT molecular complexity index is 953. The third-order valence-electron chi connectivity index (χ3n) is 3.62. The van der Waals surface area contributed by atoms with Crippen LogP contribution in [0.25, 0.3) is 5.65 Å². The molecule has 0 aliphatic carbocycles. The zero-order chi connectivity index (χ0) is 18.1. The van der Waals surface area contributed by atoms with Gasteiger partial charge in [0.05, 0.1) is 11.9 Å². The number of nitrogens with zero attached hydrogens (tertiary/aromatic N) is 3. The molecule has 0 fully saturated rings. The third-order valence-corrected chi connectivity index (χ3v) is 3.62. The van der Waals surface area contributed by atoms with Crippen molar-refractivity contribution in [1.82, 2.24) is 14.6 Å². The van der Waals surface area contributed by atoms with E-state index in [1.807, 2.05) is 19.9 Å². The summed E-state index contributed by atoms with van der Waals surface area (Å²) in [6.07, 6.45) is 1.39. The predicted molar refractivity (Wildman–Crippen MR) is 88.2 cm³/mol. The average molecular weight is 346 g/mol. The Morgan fingerprint density at radius 1 is 1.24 bits per heavy atom. The Balaban J connectivity index is 1.96. The molecule has 6 nitrogen and oxygen atoms in total. The van der Waals surface area contributed by atoms with Crippen molar-refractivity contribution < 1.29 is 18.3 Å². The summed E-state index contributed by atoms with van der Waals surface area (Å²) in [5.74, 6) is -0.601. The Labute approximate surface area is 142 Å². The third kappa shape index (κ3) is 3.42. The summed E-state index contributed by atoms with van der Waals surface area (Å²) in [4.78, 5) is 16.9. The molecule has 0 atom stereocenters. The second kappa shape index (κ2) is 6.46. The van der Waals surface area contributed by atoms with Crippen LogP contribution in [0.5, 0.6) is 5.75 Å². The zero-order valence-corrected chi connectivity index (χ0v) is 13.9. The highest BCUT2D eigenvalue weighted by molar-refractivity contribution is 6.08. The summed E-state index contributed by atoms with van der Waals surface area (Å²) >= 11 is 0. The first-order chi connectivity index (χ1) is 11.8.